The molecule has 3 heteroatoms. The van der Waals surface area contributed by atoms with Crippen LogP contribution in [-0.4, -0.2) is 37.1 Å². The van der Waals surface area contributed by atoms with Gasteiger partial charge in [0.2, 0.25) is 0 Å². The van der Waals surface area contributed by atoms with Crippen LogP contribution in [0.1, 0.15) is 58.8 Å². The molecule has 3 nitrogen and oxygen atoms in total. The van der Waals surface area contributed by atoms with Crippen LogP contribution in [0, 0.1) is 17.2 Å². The van der Waals surface area contributed by atoms with Crippen LogP contribution in [-0.2, 0) is 0 Å². The van der Waals surface area contributed by atoms with Crippen molar-refractivity contribution in [3.05, 3.63) is 0 Å². The van der Waals surface area contributed by atoms with Crippen LogP contribution < -0.4 is 5.32 Å². The minimum Gasteiger partial charge on any atom is -0.303 e. The highest BCUT2D eigenvalue weighted by Gasteiger charge is 2.25. The second kappa shape index (κ2) is 8.55. The number of nitrogens with one attached hydrogen (secondary N) is 1. The van der Waals surface area contributed by atoms with Crippen LogP contribution in [0.5, 0.6) is 0 Å². The number of hydrogen-bond donors (Lipinski definition) is 1. The molecule has 2 unspecified atom stereocenters. The normalized spacial score (nSPS) is 24.4. The Kier molecular flexibility index (Phi) is 7.41. The van der Waals surface area contributed by atoms with Gasteiger partial charge in [0.15, 0.2) is 0 Å². The summed E-state index contributed by atoms with van der Waals surface area (Å²) in [7, 11) is 1.91. The lowest BCUT2D eigenvalue weighted by molar-refractivity contribution is 0.260. The van der Waals surface area contributed by atoms with E-state index in [1.54, 1.807) is 0 Å². The minimum atomic E-state index is -0.308. The molecule has 1 rings (SSSR count). The Morgan fingerprint density at radius 1 is 1.32 bits per heavy atom. The molecule has 1 saturated heterocycles. The molecule has 0 aliphatic carbocycles. The lowest BCUT2D eigenvalue weighted by atomic mass is 9.92. The summed E-state index contributed by atoms with van der Waals surface area (Å²) in [5.41, 5.74) is -0.308. The summed E-state index contributed by atoms with van der Waals surface area (Å²) in [5.74, 6) is 0.941. The lowest BCUT2D eigenvalue weighted by Gasteiger charge is -2.26. The maximum Gasteiger partial charge on any atom is 0.106 e. The average Bonchev–Trinajstić information content (AvgIpc) is 2.69. The molecule has 19 heavy (non-hydrogen) atoms. The average molecular weight is 265 g/mol. The molecule has 2 atom stereocenters. The first-order valence-corrected chi connectivity index (χ1v) is 8.02. The fourth-order valence-corrected chi connectivity index (χ4v) is 3.13. The van der Waals surface area contributed by atoms with Gasteiger partial charge in [-0.25, -0.2) is 0 Å². The molecule has 0 saturated carbocycles. The number of rotatable bonds is 7. The van der Waals surface area contributed by atoms with E-state index >= 15 is 0 Å². The minimum absolute atomic E-state index is 0.308. The van der Waals surface area contributed by atoms with E-state index in [1.807, 2.05) is 7.05 Å². The molecular formula is C16H31N3. The van der Waals surface area contributed by atoms with Gasteiger partial charge in [-0.15, -0.1) is 0 Å². The number of nitriles is 1. The van der Waals surface area contributed by atoms with Crippen LogP contribution >= 0.6 is 0 Å². The molecule has 0 spiro atoms. The van der Waals surface area contributed by atoms with E-state index in [0.29, 0.717) is 0 Å². The Labute approximate surface area is 119 Å². The van der Waals surface area contributed by atoms with E-state index in [2.05, 4.69) is 30.1 Å². The summed E-state index contributed by atoms with van der Waals surface area (Å²) in [6.07, 6.45) is 8.42. The van der Waals surface area contributed by atoms with E-state index in [0.717, 1.165) is 31.7 Å². The summed E-state index contributed by atoms with van der Waals surface area (Å²) >= 11 is 0. The highest BCUT2D eigenvalue weighted by molar-refractivity contribution is 5.05. The van der Waals surface area contributed by atoms with E-state index in [9.17, 15) is 5.26 Å². The molecule has 0 aromatic rings. The second-order valence-electron chi connectivity index (χ2n) is 5.95. The quantitative estimate of drug-likeness (QED) is 0.768. The van der Waals surface area contributed by atoms with Crippen molar-refractivity contribution in [1.29, 1.82) is 5.26 Å². The van der Waals surface area contributed by atoms with Crippen molar-refractivity contribution in [2.75, 3.05) is 26.7 Å². The summed E-state index contributed by atoms with van der Waals surface area (Å²) in [6.45, 7) is 8.07. The fourth-order valence-electron chi connectivity index (χ4n) is 3.13. The molecule has 0 aromatic carbocycles. The van der Waals surface area contributed by atoms with Crippen molar-refractivity contribution < 1.29 is 0 Å². The Bertz CT molecular complexity index is 278. The Morgan fingerprint density at radius 2 is 2.11 bits per heavy atom. The fraction of sp³-hybridized carbons (Fsp3) is 0.938. The summed E-state index contributed by atoms with van der Waals surface area (Å²) < 4.78 is 0. The van der Waals surface area contributed by atoms with E-state index in [-0.39, 0.29) is 5.54 Å². The molecule has 1 aliphatic heterocycles. The standard InChI is InChI=1S/C16H31N3/c1-4-15-8-6-11-19(13-9-15)12-7-10-16(5-2,14-17)18-3/h15,18H,4-13H2,1-3H3. The zero-order chi connectivity index (χ0) is 14.1. The second-order valence-corrected chi connectivity index (χ2v) is 5.95. The van der Waals surface area contributed by atoms with Gasteiger partial charge in [-0.1, -0.05) is 20.3 Å². The van der Waals surface area contributed by atoms with Crippen molar-refractivity contribution in [1.82, 2.24) is 10.2 Å². The molecular weight excluding hydrogens is 234 g/mol. The molecule has 1 N–H and O–H groups in total. The third kappa shape index (κ3) is 5.12. The van der Waals surface area contributed by atoms with Crippen LogP contribution in [0.4, 0.5) is 0 Å². The first-order valence-electron chi connectivity index (χ1n) is 8.02. The van der Waals surface area contributed by atoms with Crippen molar-refractivity contribution in [2.24, 2.45) is 5.92 Å². The zero-order valence-corrected chi connectivity index (χ0v) is 13.0. The maximum atomic E-state index is 9.30. The van der Waals surface area contributed by atoms with Crippen LogP contribution in [0.25, 0.3) is 0 Å². The smallest absolute Gasteiger partial charge is 0.106 e. The van der Waals surface area contributed by atoms with Crippen LogP contribution in [0.2, 0.25) is 0 Å². The zero-order valence-electron chi connectivity index (χ0n) is 13.0. The summed E-state index contributed by atoms with van der Waals surface area (Å²) in [4.78, 5) is 2.60. The molecule has 0 radical (unpaired) electrons. The van der Waals surface area contributed by atoms with E-state index in [4.69, 9.17) is 0 Å². The first kappa shape index (κ1) is 16.5. The largest absolute Gasteiger partial charge is 0.303 e. The maximum absolute atomic E-state index is 9.30. The molecule has 1 fully saturated rings. The van der Waals surface area contributed by atoms with Crippen molar-refractivity contribution in [2.45, 2.75) is 64.3 Å². The van der Waals surface area contributed by atoms with E-state index < -0.39 is 0 Å². The SMILES string of the molecule is CCC1CCCN(CCCC(C#N)(CC)NC)CC1. The van der Waals surface area contributed by atoms with Gasteiger partial charge in [0, 0.05) is 0 Å². The Morgan fingerprint density at radius 3 is 2.68 bits per heavy atom. The third-order valence-corrected chi connectivity index (χ3v) is 4.89. The van der Waals surface area contributed by atoms with Crippen molar-refractivity contribution in [3.8, 4) is 6.07 Å². The Balaban J connectivity index is 2.31. The molecule has 1 aliphatic rings. The predicted molar refractivity (Wildman–Crippen MR) is 81.0 cm³/mol. The van der Waals surface area contributed by atoms with E-state index in [1.165, 1.54) is 38.8 Å². The van der Waals surface area contributed by atoms with Crippen molar-refractivity contribution >= 4 is 0 Å². The lowest BCUT2D eigenvalue weighted by Crippen LogP contribution is -2.41. The van der Waals surface area contributed by atoms with Crippen LogP contribution in [0.15, 0.2) is 0 Å². The molecule has 0 bridgehead atoms. The van der Waals surface area contributed by atoms with Gasteiger partial charge in [0.25, 0.3) is 0 Å². The van der Waals surface area contributed by atoms with Gasteiger partial charge in [-0.3, -0.25) is 0 Å². The summed E-state index contributed by atoms with van der Waals surface area (Å²) in [6, 6.07) is 2.45. The van der Waals surface area contributed by atoms with Gasteiger partial charge in [0.05, 0.1) is 6.07 Å². The number of nitrogens with zero attached hydrogens (tertiary/aromatic N) is 2. The number of likely N-dealkylation sites (tertiary alicyclic amines) is 1. The highest BCUT2D eigenvalue weighted by atomic mass is 15.1. The first-order chi connectivity index (χ1) is 9.19. The van der Waals surface area contributed by atoms with Crippen molar-refractivity contribution in [3.63, 3.8) is 0 Å². The van der Waals surface area contributed by atoms with Gasteiger partial charge in [-0.05, 0) is 71.1 Å². The molecule has 1 heterocycles. The number of hydrogen-bond acceptors (Lipinski definition) is 3. The molecule has 0 amide bonds. The van der Waals surface area contributed by atoms with Crippen LogP contribution in [0.3, 0.4) is 0 Å². The van der Waals surface area contributed by atoms with Gasteiger partial charge < -0.3 is 10.2 Å². The summed E-state index contributed by atoms with van der Waals surface area (Å²) in [5, 5.41) is 12.5. The molecule has 110 valence electrons. The van der Waals surface area contributed by atoms with Gasteiger partial charge in [0.1, 0.15) is 5.54 Å². The predicted octanol–water partition coefficient (Wildman–Crippen LogP) is 3.17. The molecule has 0 aromatic heterocycles. The van der Waals surface area contributed by atoms with Gasteiger partial charge >= 0.3 is 0 Å². The monoisotopic (exact) mass is 265 g/mol. The topological polar surface area (TPSA) is 39.1 Å². The highest BCUT2D eigenvalue weighted by Crippen LogP contribution is 2.21. The Hall–Kier alpha value is -0.590. The van der Waals surface area contributed by atoms with Gasteiger partial charge in [-0.2, -0.15) is 5.26 Å². The third-order valence-electron chi connectivity index (χ3n) is 4.89.